The van der Waals surface area contributed by atoms with Crippen molar-refractivity contribution in [2.75, 3.05) is 0 Å². The molecule has 1 rings (SSSR count). The van der Waals surface area contributed by atoms with Gasteiger partial charge in [-0.3, -0.25) is 0 Å². The number of ketones is 1. The van der Waals surface area contributed by atoms with Gasteiger partial charge in [0.2, 0.25) is 0 Å². The summed E-state index contributed by atoms with van der Waals surface area (Å²) in [7, 11) is -1.07. The Morgan fingerprint density at radius 3 is 2.50 bits per heavy atom. The van der Waals surface area contributed by atoms with Crippen LogP contribution in [0.25, 0.3) is 0 Å². The van der Waals surface area contributed by atoms with Crippen molar-refractivity contribution in [3.63, 3.8) is 0 Å². The van der Waals surface area contributed by atoms with Crippen molar-refractivity contribution in [1.82, 2.24) is 0 Å². The normalized spacial score (nSPS) is 32.3. The first-order valence-electron chi connectivity index (χ1n) is 4.01. The maximum absolute atomic E-state index is 11.1. The topological polar surface area (TPSA) is 17.1 Å². The van der Waals surface area contributed by atoms with E-state index in [1.54, 1.807) is 0 Å². The Balaban J connectivity index is 2.59. The van der Waals surface area contributed by atoms with E-state index < -0.39 is 8.07 Å². The van der Waals surface area contributed by atoms with Crippen molar-refractivity contribution in [1.29, 1.82) is 0 Å². The summed E-state index contributed by atoms with van der Waals surface area (Å²) in [6, 6.07) is 2.27. The van der Waals surface area contributed by atoms with Crippen LogP contribution in [-0.4, -0.2) is 13.9 Å². The number of carbonyl (C=O) groups excluding carboxylic acids is 1. The largest absolute Gasteiger partial charge is 0.300 e. The predicted molar refractivity (Wildman–Crippen MR) is 45.9 cm³/mol. The van der Waals surface area contributed by atoms with Gasteiger partial charge in [-0.1, -0.05) is 26.1 Å². The summed E-state index contributed by atoms with van der Waals surface area (Å²) in [5.74, 6) is 1.18. The lowest BCUT2D eigenvalue weighted by Crippen LogP contribution is -2.36. The molecule has 10 heavy (non-hydrogen) atoms. The molecule has 0 aromatic heterocycles. The average molecular weight is 156 g/mol. The summed E-state index contributed by atoms with van der Waals surface area (Å²) in [4.78, 5) is 11.1. The fourth-order valence-electron chi connectivity index (χ4n) is 2.08. The van der Waals surface area contributed by atoms with Crippen molar-refractivity contribution < 1.29 is 4.79 Å². The highest BCUT2D eigenvalue weighted by atomic mass is 28.3. The Morgan fingerprint density at radius 1 is 1.50 bits per heavy atom. The van der Waals surface area contributed by atoms with Crippen LogP contribution >= 0.6 is 0 Å². The van der Waals surface area contributed by atoms with E-state index in [0.29, 0.717) is 11.7 Å². The molecule has 0 bridgehead atoms. The van der Waals surface area contributed by atoms with Crippen molar-refractivity contribution >= 4 is 13.9 Å². The Morgan fingerprint density at radius 2 is 2.10 bits per heavy atom. The SMILES string of the molecule is CC1CC(=O)C[Si](C)(C)C1. The van der Waals surface area contributed by atoms with Crippen LogP contribution in [0, 0.1) is 5.92 Å². The summed E-state index contributed by atoms with van der Waals surface area (Å²) < 4.78 is 0. The molecule has 0 spiro atoms. The third-order valence-corrected chi connectivity index (χ3v) is 5.31. The third kappa shape index (κ3) is 1.94. The Labute approximate surface area is 63.8 Å². The summed E-state index contributed by atoms with van der Waals surface area (Å²) >= 11 is 0. The van der Waals surface area contributed by atoms with Crippen LogP contribution in [-0.2, 0) is 4.79 Å². The number of carbonyl (C=O) groups is 1. The van der Waals surface area contributed by atoms with Crippen molar-refractivity contribution in [2.45, 2.75) is 38.5 Å². The van der Waals surface area contributed by atoms with Crippen LogP contribution in [0.5, 0.6) is 0 Å². The summed E-state index contributed by atoms with van der Waals surface area (Å²) in [5.41, 5.74) is 0. The predicted octanol–water partition coefficient (Wildman–Crippen LogP) is 2.30. The lowest BCUT2D eigenvalue weighted by Gasteiger charge is -2.30. The molecule has 2 heteroatoms. The molecule has 0 aromatic rings. The van der Waals surface area contributed by atoms with Gasteiger partial charge in [-0.2, -0.15) is 0 Å². The zero-order valence-corrected chi connectivity index (χ0v) is 8.11. The molecule has 58 valence electrons. The number of hydrogen-bond acceptors (Lipinski definition) is 1. The van der Waals surface area contributed by atoms with E-state index in [-0.39, 0.29) is 0 Å². The van der Waals surface area contributed by atoms with E-state index in [0.717, 1.165) is 12.5 Å². The van der Waals surface area contributed by atoms with Gasteiger partial charge >= 0.3 is 0 Å². The minimum absolute atomic E-state index is 0.510. The van der Waals surface area contributed by atoms with Gasteiger partial charge in [0.15, 0.2) is 0 Å². The van der Waals surface area contributed by atoms with E-state index in [1.165, 1.54) is 6.04 Å². The molecule has 0 aromatic carbocycles. The fraction of sp³-hybridized carbons (Fsp3) is 0.875. The molecule has 0 aliphatic carbocycles. The van der Waals surface area contributed by atoms with Crippen LogP contribution in [0.15, 0.2) is 0 Å². The molecule has 1 unspecified atom stereocenters. The van der Waals surface area contributed by atoms with Crippen LogP contribution in [0.2, 0.25) is 25.2 Å². The van der Waals surface area contributed by atoms with Crippen LogP contribution in [0.3, 0.4) is 0 Å². The summed E-state index contributed by atoms with van der Waals surface area (Å²) in [6.07, 6.45) is 0.844. The number of Topliss-reactive ketones (excluding diaryl/α,β-unsaturated/α-hetero) is 1. The second kappa shape index (κ2) is 2.49. The molecular formula is C8H16OSi. The maximum atomic E-state index is 11.1. The van der Waals surface area contributed by atoms with Gasteiger partial charge in [0.25, 0.3) is 0 Å². The minimum atomic E-state index is -1.07. The van der Waals surface area contributed by atoms with E-state index in [1.807, 2.05) is 0 Å². The molecule has 1 heterocycles. The second-order valence-corrected chi connectivity index (χ2v) is 9.48. The summed E-state index contributed by atoms with van der Waals surface area (Å²) in [5, 5.41) is 0. The van der Waals surface area contributed by atoms with Crippen molar-refractivity contribution in [3.05, 3.63) is 0 Å². The average Bonchev–Trinajstić information content (AvgIpc) is 1.54. The van der Waals surface area contributed by atoms with E-state index in [9.17, 15) is 4.79 Å². The maximum Gasteiger partial charge on any atom is 0.130 e. The first kappa shape index (κ1) is 7.99. The van der Waals surface area contributed by atoms with Crippen molar-refractivity contribution in [2.24, 2.45) is 5.92 Å². The minimum Gasteiger partial charge on any atom is -0.300 e. The molecule has 1 aliphatic rings. The monoisotopic (exact) mass is 156 g/mol. The molecule has 0 saturated carbocycles. The molecule has 0 N–H and O–H groups in total. The first-order chi connectivity index (χ1) is 4.49. The fourth-order valence-corrected chi connectivity index (χ4v) is 5.47. The van der Waals surface area contributed by atoms with Gasteiger partial charge in [0, 0.05) is 12.5 Å². The van der Waals surface area contributed by atoms with Gasteiger partial charge in [0.05, 0.1) is 8.07 Å². The van der Waals surface area contributed by atoms with E-state index in [2.05, 4.69) is 20.0 Å². The van der Waals surface area contributed by atoms with Gasteiger partial charge in [-0.05, 0) is 5.92 Å². The Hall–Kier alpha value is -0.113. The molecule has 1 aliphatic heterocycles. The standard InChI is InChI=1S/C8H16OSi/c1-7-4-8(9)6-10(2,3)5-7/h7H,4-6H2,1-3H3. The van der Waals surface area contributed by atoms with Gasteiger partial charge in [-0.25, -0.2) is 0 Å². The Kier molecular flexibility index (Phi) is 1.99. The second-order valence-electron chi connectivity index (χ2n) is 4.39. The number of rotatable bonds is 0. The third-order valence-electron chi connectivity index (χ3n) is 2.15. The highest BCUT2D eigenvalue weighted by molar-refractivity contribution is 6.80. The quantitative estimate of drug-likeness (QED) is 0.492. The molecule has 1 fully saturated rings. The zero-order chi connectivity index (χ0) is 7.78. The van der Waals surface area contributed by atoms with E-state index in [4.69, 9.17) is 0 Å². The highest BCUT2D eigenvalue weighted by Gasteiger charge is 2.31. The zero-order valence-electron chi connectivity index (χ0n) is 7.11. The van der Waals surface area contributed by atoms with Gasteiger partial charge in [0.1, 0.15) is 5.78 Å². The molecule has 0 radical (unpaired) electrons. The first-order valence-corrected chi connectivity index (χ1v) is 7.43. The molecule has 1 nitrogen and oxygen atoms in total. The van der Waals surface area contributed by atoms with E-state index >= 15 is 0 Å². The molecule has 1 atom stereocenters. The van der Waals surface area contributed by atoms with Crippen molar-refractivity contribution in [3.8, 4) is 0 Å². The summed E-state index contributed by atoms with van der Waals surface area (Å²) in [6.45, 7) is 6.84. The lowest BCUT2D eigenvalue weighted by atomic mass is 10.1. The Bertz CT molecular complexity index is 151. The van der Waals surface area contributed by atoms with Crippen LogP contribution in [0.4, 0.5) is 0 Å². The lowest BCUT2D eigenvalue weighted by molar-refractivity contribution is -0.118. The highest BCUT2D eigenvalue weighted by Crippen LogP contribution is 2.29. The smallest absolute Gasteiger partial charge is 0.130 e. The van der Waals surface area contributed by atoms with Gasteiger partial charge in [-0.15, -0.1) is 0 Å². The van der Waals surface area contributed by atoms with Crippen LogP contribution < -0.4 is 0 Å². The molecular weight excluding hydrogens is 140 g/mol. The molecule has 0 amide bonds. The molecule has 1 saturated heterocycles. The van der Waals surface area contributed by atoms with Gasteiger partial charge < -0.3 is 4.79 Å². The van der Waals surface area contributed by atoms with Crippen LogP contribution in [0.1, 0.15) is 13.3 Å². The number of hydrogen-bond donors (Lipinski definition) is 0.